The quantitative estimate of drug-likeness (QED) is 0.0581. The second-order valence-corrected chi connectivity index (χ2v) is 26.6. The Kier molecular flexibility index (Phi) is 18.2. The minimum Gasteiger partial charge on any atom is -0.462 e. The minimum absolute atomic E-state index is 0.0129. The summed E-state index contributed by atoms with van der Waals surface area (Å²) in [5, 5.41) is 88.4. The first-order valence-corrected chi connectivity index (χ1v) is 29.7. The zero-order valence-corrected chi connectivity index (χ0v) is 48.5. The van der Waals surface area contributed by atoms with Gasteiger partial charge in [-0.15, -0.1) is 0 Å². The van der Waals surface area contributed by atoms with E-state index in [1.54, 1.807) is 0 Å². The van der Waals surface area contributed by atoms with Crippen molar-refractivity contribution in [2.24, 2.45) is 39.4 Å². The van der Waals surface area contributed by atoms with Crippen LogP contribution in [0.25, 0.3) is 0 Å². The average Bonchev–Trinajstić information content (AvgIpc) is 1.74. The van der Waals surface area contributed by atoms with Crippen LogP contribution >= 0.6 is 0 Å². The Morgan fingerprint density at radius 2 is 1.42 bits per heavy atom. The van der Waals surface area contributed by atoms with Gasteiger partial charge in [-0.2, -0.15) is 8.42 Å². The second-order valence-electron chi connectivity index (χ2n) is 25.6. The molecule has 25 nitrogen and oxygen atoms in total. The van der Waals surface area contributed by atoms with Gasteiger partial charge in [-0.05, 0) is 102 Å². The van der Waals surface area contributed by atoms with Gasteiger partial charge in [-0.1, -0.05) is 51.0 Å². The summed E-state index contributed by atoms with van der Waals surface area (Å²) in [6.45, 7) is 15.8. The number of cyclic esters (lactones) is 1. The number of hydrogen-bond acceptors (Lipinski definition) is 24. The Bertz CT molecular complexity index is 2460. The molecule has 27 atom stereocenters. The fourth-order valence-electron chi connectivity index (χ4n) is 16.3. The van der Waals surface area contributed by atoms with Crippen LogP contribution in [0.4, 0.5) is 0 Å². The lowest BCUT2D eigenvalue weighted by molar-refractivity contribution is -0.382. The van der Waals surface area contributed by atoms with Gasteiger partial charge >= 0.3 is 22.3 Å². The molecule has 4 aliphatic carbocycles. The number of hydrogen-bond donors (Lipinski definition) is 9. The molecule has 9 aliphatic rings. The van der Waals surface area contributed by atoms with Gasteiger partial charge < -0.3 is 93.0 Å². The van der Waals surface area contributed by atoms with Crippen molar-refractivity contribution in [1.82, 2.24) is 0 Å². The fraction of sp³-hybridized carbons (Fsp3) is 0.891. The summed E-state index contributed by atoms with van der Waals surface area (Å²) >= 11 is 0. The SMILES string of the molecule is CO[C@@H]1[C@@H](O)[C@H](O[C@@H]2[C@@H](O)[C@H](O[C@H]3[C@H](O)[C@@H](O)[C@H](O[C@H]4[C@H](O[C@H]5CC[C@]6(C)[C@H]7CC[C@]89C(=O)O[C@@](C)(CCC=C(C)C)[C@H]8[C@@H](OC(C)=O)C[C@@]9(C)C7=CC[C@H]6C5(C)C)OC[C@@H](OS(=O)(=O)O)[C@@H]4O)O[C@@H]3C)OC[C@H]2O)O[C@H](CO)[C@H]1O. The number of aliphatic hydroxyl groups excluding tert-OH is 8. The summed E-state index contributed by atoms with van der Waals surface area (Å²) in [6, 6.07) is 0. The Labute approximate surface area is 472 Å². The largest absolute Gasteiger partial charge is 0.462 e. The van der Waals surface area contributed by atoms with Crippen molar-refractivity contribution in [2.75, 3.05) is 26.9 Å². The van der Waals surface area contributed by atoms with Gasteiger partial charge in [0.25, 0.3) is 0 Å². The molecule has 0 radical (unpaired) electrons. The Morgan fingerprint density at radius 3 is 2.07 bits per heavy atom. The van der Waals surface area contributed by atoms with Crippen LogP contribution in [0, 0.1) is 39.4 Å². The van der Waals surface area contributed by atoms with E-state index in [4.69, 9.17) is 56.3 Å². The normalized spacial score (nSPS) is 49.5. The van der Waals surface area contributed by atoms with Crippen molar-refractivity contribution in [2.45, 2.75) is 242 Å². The van der Waals surface area contributed by atoms with E-state index in [1.165, 1.54) is 26.5 Å². The van der Waals surface area contributed by atoms with Gasteiger partial charge in [0.05, 0.1) is 43.4 Å². The highest BCUT2D eigenvalue weighted by atomic mass is 32.3. The van der Waals surface area contributed by atoms with Crippen LogP contribution in [0.1, 0.15) is 114 Å². The molecule has 8 fully saturated rings. The van der Waals surface area contributed by atoms with Crippen molar-refractivity contribution in [3.63, 3.8) is 0 Å². The van der Waals surface area contributed by atoms with E-state index in [9.17, 15) is 63.4 Å². The summed E-state index contributed by atoms with van der Waals surface area (Å²) in [4.78, 5) is 27.4. The van der Waals surface area contributed by atoms with Gasteiger partial charge in [0.1, 0.15) is 91.1 Å². The first kappa shape index (κ1) is 63.1. The zero-order chi connectivity index (χ0) is 59.3. The summed E-state index contributed by atoms with van der Waals surface area (Å²) in [6.07, 6.45) is -20.9. The Morgan fingerprint density at radius 1 is 0.765 bits per heavy atom. The molecule has 1 spiro atoms. The number of rotatable bonds is 16. The number of fused-ring (bicyclic) bond motifs is 4. The van der Waals surface area contributed by atoms with E-state index in [-0.39, 0.29) is 29.1 Å². The lowest BCUT2D eigenvalue weighted by atomic mass is 9.41. The lowest BCUT2D eigenvalue weighted by Crippen LogP contribution is -2.65. The smallest absolute Gasteiger partial charge is 0.397 e. The molecule has 9 rings (SSSR count). The molecule has 3 saturated carbocycles. The number of allylic oxidation sites excluding steroid dienone is 4. The molecule has 0 unspecified atom stereocenters. The standard InChI is InChI=1S/C55H86O25S/c1-24(2)12-11-17-54(9)45-30(73-26(4)57)20-53(8)28-13-14-33-51(5,6)34(16-18-52(33,7)27(28)15-19-55(45,53)50(65)79-54)75-49-44(36(60)32(23-71-49)80-81(66,67)68)78-47-38(62)37(61)41(25(3)72-47)76-46-39(63)42(29(58)22-70-46)77-48-40(64)43(69-10)35(59)31(21-56)74-48/h12-13,25,27,29-49,56,58-64H,11,14-23H2,1-10H3,(H,66,67,68)/t25-,27+,29-,30+,31-,32-,33+,34+,35-,36+,37-,38-,39-,40-,41-,42+,43+,44-,45-,46+,47+,48+,49+,52-,53+,54+,55-/m1/s1. The number of carbonyl (C=O) groups is 2. The topological polar surface area (TPSA) is 361 Å². The maximum Gasteiger partial charge on any atom is 0.397 e. The van der Waals surface area contributed by atoms with Gasteiger partial charge in [0.15, 0.2) is 25.2 Å². The maximum atomic E-state index is 14.7. The van der Waals surface area contributed by atoms with Crippen LogP contribution in [-0.2, 0) is 76.3 Å². The molecule has 5 heterocycles. The van der Waals surface area contributed by atoms with Crippen LogP contribution in [0.15, 0.2) is 23.3 Å². The van der Waals surface area contributed by atoms with Gasteiger partial charge in [0.2, 0.25) is 0 Å². The van der Waals surface area contributed by atoms with Crippen LogP contribution < -0.4 is 0 Å². The molecule has 26 heteroatoms. The highest BCUT2D eigenvalue weighted by Crippen LogP contribution is 2.77. The molecule has 0 aromatic carbocycles. The minimum atomic E-state index is -5.16. The van der Waals surface area contributed by atoms with Crippen molar-refractivity contribution in [3.05, 3.63) is 23.3 Å². The number of methoxy groups -OCH3 is 1. The second kappa shape index (κ2) is 23.4. The number of esters is 2. The summed E-state index contributed by atoms with van der Waals surface area (Å²) in [7, 11) is -3.95. The average molecular weight is 1180 g/mol. The molecule has 5 saturated heterocycles. The van der Waals surface area contributed by atoms with Crippen LogP contribution in [0.3, 0.4) is 0 Å². The van der Waals surface area contributed by atoms with E-state index in [0.29, 0.717) is 51.4 Å². The van der Waals surface area contributed by atoms with E-state index >= 15 is 0 Å². The molecule has 0 bridgehead atoms. The molecular formula is C55H86O25S. The third-order valence-corrected chi connectivity index (χ3v) is 20.6. The summed E-state index contributed by atoms with van der Waals surface area (Å²) in [5.41, 5.74) is -1.02. The predicted molar refractivity (Wildman–Crippen MR) is 276 cm³/mol. The fourth-order valence-corrected chi connectivity index (χ4v) is 16.8. The molecule has 9 N–H and O–H groups in total. The summed E-state index contributed by atoms with van der Waals surface area (Å²) < 4.78 is 104. The molecule has 0 amide bonds. The highest BCUT2D eigenvalue weighted by Gasteiger charge is 2.79. The predicted octanol–water partition coefficient (Wildman–Crippen LogP) is 0.620. The van der Waals surface area contributed by atoms with Gasteiger partial charge in [-0.3, -0.25) is 14.1 Å². The van der Waals surface area contributed by atoms with Crippen LogP contribution in [0.2, 0.25) is 0 Å². The maximum absolute atomic E-state index is 14.7. The van der Waals surface area contributed by atoms with E-state index in [1.807, 2.05) is 20.8 Å². The van der Waals surface area contributed by atoms with Crippen molar-refractivity contribution in [3.8, 4) is 0 Å². The first-order valence-electron chi connectivity index (χ1n) is 28.3. The number of ether oxygens (including phenoxy) is 11. The highest BCUT2D eigenvalue weighted by molar-refractivity contribution is 7.80. The third-order valence-electron chi connectivity index (χ3n) is 20.2. The Balaban J connectivity index is 0.908. The number of carbonyl (C=O) groups excluding carboxylic acids is 2. The lowest BCUT2D eigenvalue weighted by Gasteiger charge is -2.64. The van der Waals surface area contributed by atoms with Crippen LogP contribution in [-0.4, -0.2) is 221 Å². The van der Waals surface area contributed by atoms with Crippen molar-refractivity contribution in [1.29, 1.82) is 0 Å². The van der Waals surface area contributed by atoms with E-state index in [0.717, 1.165) is 5.57 Å². The molecule has 81 heavy (non-hydrogen) atoms. The van der Waals surface area contributed by atoms with Crippen molar-refractivity contribution >= 4 is 22.3 Å². The molecule has 462 valence electrons. The molecule has 0 aromatic rings. The van der Waals surface area contributed by atoms with Crippen LogP contribution in [0.5, 0.6) is 0 Å². The number of aliphatic hydroxyl groups is 8. The zero-order valence-electron chi connectivity index (χ0n) is 47.7. The van der Waals surface area contributed by atoms with Crippen molar-refractivity contribution < 1.29 is 120 Å². The summed E-state index contributed by atoms with van der Waals surface area (Å²) in [5.74, 6) is -0.962. The van der Waals surface area contributed by atoms with Gasteiger partial charge in [0, 0.05) is 19.4 Å². The van der Waals surface area contributed by atoms with E-state index in [2.05, 4.69) is 39.8 Å². The van der Waals surface area contributed by atoms with Gasteiger partial charge in [-0.25, -0.2) is 4.18 Å². The monoisotopic (exact) mass is 1180 g/mol. The third kappa shape index (κ3) is 11.1. The molecule has 0 aromatic heterocycles. The molecular weight excluding hydrogens is 1090 g/mol. The Hall–Kier alpha value is -2.39. The van der Waals surface area contributed by atoms with E-state index < -0.39 is 181 Å². The first-order chi connectivity index (χ1) is 37.9. The molecule has 5 aliphatic heterocycles.